The molecule has 2 bridgehead atoms. The smallest absolute Gasteiger partial charge is 0.248 e. The molecule has 2 aliphatic heterocycles. The maximum atomic E-state index is 11.3. The number of rotatable bonds is 2. The fraction of sp³-hybridized carbons (Fsp3) is 0.571. The number of hydrogen-bond donors (Lipinski definition) is 2. The number of pyridine rings is 1. The molecule has 3 heterocycles. The second kappa shape index (κ2) is 4.81. The Labute approximate surface area is 113 Å². The second-order valence-corrected chi connectivity index (χ2v) is 5.59. The maximum Gasteiger partial charge on any atom is 0.248 e. The molecule has 2 unspecified atom stereocenters. The van der Waals surface area contributed by atoms with E-state index in [1.165, 1.54) is 12.8 Å². The van der Waals surface area contributed by atoms with Crippen LogP contribution in [0.1, 0.15) is 35.3 Å². The third-order valence-corrected chi connectivity index (χ3v) is 4.07. The number of anilines is 1. The molecule has 102 valence electrons. The van der Waals surface area contributed by atoms with Gasteiger partial charge in [-0.15, -0.1) is 0 Å². The van der Waals surface area contributed by atoms with E-state index in [9.17, 15) is 4.79 Å². The molecule has 1 aromatic rings. The summed E-state index contributed by atoms with van der Waals surface area (Å²) in [6, 6.07) is 4.75. The highest BCUT2D eigenvalue weighted by Gasteiger charge is 2.29. The summed E-state index contributed by atoms with van der Waals surface area (Å²) in [5.74, 6) is 0.490. The van der Waals surface area contributed by atoms with Crippen molar-refractivity contribution in [2.24, 2.45) is 5.73 Å². The Morgan fingerprint density at radius 2 is 2.16 bits per heavy atom. The van der Waals surface area contributed by atoms with Gasteiger partial charge >= 0.3 is 0 Å². The van der Waals surface area contributed by atoms with E-state index in [0.717, 1.165) is 31.0 Å². The summed E-state index contributed by atoms with van der Waals surface area (Å²) < 4.78 is 0. The Morgan fingerprint density at radius 1 is 1.37 bits per heavy atom. The maximum absolute atomic E-state index is 11.3. The van der Waals surface area contributed by atoms with Gasteiger partial charge in [-0.2, -0.15) is 0 Å². The summed E-state index contributed by atoms with van der Waals surface area (Å²) in [5, 5.41) is 3.64. The summed E-state index contributed by atoms with van der Waals surface area (Å²) in [7, 11) is 0. The molecular weight excluding hydrogens is 240 g/mol. The van der Waals surface area contributed by atoms with Gasteiger partial charge in [0.05, 0.1) is 0 Å². The van der Waals surface area contributed by atoms with Crippen molar-refractivity contribution in [3.63, 3.8) is 0 Å². The van der Waals surface area contributed by atoms with E-state index in [-0.39, 0.29) is 5.91 Å². The second-order valence-electron chi connectivity index (χ2n) is 5.59. The average Bonchev–Trinajstić information content (AvgIpc) is 2.68. The van der Waals surface area contributed by atoms with E-state index in [2.05, 4.69) is 15.2 Å². The number of amides is 1. The third-order valence-electron chi connectivity index (χ3n) is 4.07. The van der Waals surface area contributed by atoms with Gasteiger partial charge in [-0.1, -0.05) is 0 Å². The van der Waals surface area contributed by atoms with Gasteiger partial charge in [0.2, 0.25) is 5.91 Å². The van der Waals surface area contributed by atoms with Crippen LogP contribution in [-0.4, -0.2) is 36.1 Å². The first kappa shape index (κ1) is 12.4. The number of aromatic nitrogens is 1. The number of carbonyl (C=O) groups is 1. The van der Waals surface area contributed by atoms with Crippen LogP contribution in [-0.2, 0) is 0 Å². The van der Waals surface area contributed by atoms with Gasteiger partial charge in [0.15, 0.2) is 0 Å². The first-order chi connectivity index (χ1) is 9.11. The molecule has 2 aliphatic rings. The minimum atomic E-state index is -0.388. The lowest BCUT2D eigenvalue weighted by Crippen LogP contribution is -2.36. The van der Waals surface area contributed by atoms with Crippen molar-refractivity contribution in [3.8, 4) is 0 Å². The highest BCUT2D eigenvalue weighted by Crippen LogP contribution is 2.24. The van der Waals surface area contributed by atoms with Crippen molar-refractivity contribution in [1.82, 2.24) is 10.3 Å². The summed E-state index contributed by atoms with van der Waals surface area (Å²) in [4.78, 5) is 18.2. The highest BCUT2D eigenvalue weighted by atomic mass is 16.1. The van der Waals surface area contributed by atoms with E-state index < -0.39 is 0 Å². The van der Waals surface area contributed by atoms with Crippen molar-refractivity contribution in [3.05, 3.63) is 23.4 Å². The molecule has 1 amide bonds. The molecule has 5 nitrogen and oxygen atoms in total. The van der Waals surface area contributed by atoms with Gasteiger partial charge in [0, 0.05) is 36.4 Å². The minimum Gasteiger partial charge on any atom is -0.366 e. The van der Waals surface area contributed by atoms with Gasteiger partial charge < -0.3 is 16.0 Å². The van der Waals surface area contributed by atoms with Crippen molar-refractivity contribution in [1.29, 1.82) is 0 Å². The molecule has 2 saturated heterocycles. The number of nitrogens with zero attached hydrogens (tertiary/aromatic N) is 2. The van der Waals surface area contributed by atoms with Gasteiger partial charge in [0.25, 0.3) is 0 Å². The average molecular weight is 260 g/mol. The molecular formula is C14H20N4O. The highest BCUT2D eigenvalue weighted by molar-refractivity contribution is 5.93. The summed E-state index contributed by atoms with van der Waals surface area (Å²) in [6.07, 6.45) is 3.65. The molecule has 5 heteroatoms. The Hall–Kier alpha value is -1.62. The number of nitrogens with one attached hydrogen (secondary N) is 1. The number of hydrogen-bond acceptors (Lipinski definition) is 4. The molecule has 0 saturated carbocycles. The normalized spacial score (nSPS) is 26.3. The van der Waals surface area contributed by atoms with Crippen LogP contribution in [0.15, 0.2) is 12.1 Å². The predicted molar refractivity (Wildman–Crippen MR) is 74.3 cm³/mol. The summed E-state index contributed by atoms with van der Waals surface area (Å²) in [6.45, 7) is 3.85. The zero-order chi connectivity index (χ0) is 13.4. The fourth-order valence-corrected chi connectivity index (χ4v) is 3.11. The molecule has 0 spiro atoms. The number of nitrogens with two attached hydrogens (primary N) is 1. The van der Waals surface area contributed by atoms with E-state index in [1.807, 2.05) is 13.0 Å². The largest absolute Gasteiger partial charge is 0.366 e. The van der Waals surface area contributed by atoms with E-state index in [0.29, 0.717) is 17.6 Å². The van der Waals surface area contributed by atoms with Crippen molar-refractivity contribution in [2.45, 2.75) is 38.3 Å². The lowest BCUT2D eigenvalue weighted by molar-refractivity contribution is 0.1000. The zero-order valence-electron chi connectivity index (χ0n) is 11.2. The van der Waals surface area contributed by atoms with Crippen LogP contribution in [0.25, 0.3) is 0 Å². The molecule has 0 aliphatic carbocycles. The SMILES string of the molecule is Cc1cc(C(N)=O)cc(N2CCC3CCC(C2)N3)n1. The van der Waals surface area contributed by atoms with Crippen LogP contribution in [0, 0.1) is 6.92 Å². The van der Waals surface area contributed by atoms with Crippen molar-refractivity contribution in [2.75, 3.05) is 18.0 Å². The number of primary amides is 1. The predicted octanol–water partition coefficient (Wildman–Crippen LogP) is 0.820. The topological polar surface area (TPSA) is 71.2 Å². The van der Waals surface area contributed by atoms with Gasteiger partial charge in [0.1, 0.15) is 5.82 Å². The Kier molecular flexibility index (Phi) is 3.14. The van der Waals surface area contributed by atoms with Gasteiger partial charge in [-0.3, -0.25) is 4.79 Å². The Balaban J connectivity index is 1.87. The molecule has 0 radical (unpaired) electrons. The summed E-state index contributed by atoms with van der Waals surface area (Å²) >= 11 is 0. The molecule has 3 rings (SSSR count). The lowest BCUT2D eigenvalue weighted by atomic mass is 10.1. The fourth-order valence-electron chi connectivity index (χ4n) is 3.11. The van der Waals surface area contributed by atoms with Crippen LogP contribution in [0.4, 0.5) is 5.82 Å². The first-order valence-corrected chi connectivity index (χ1v) is 6.91. The van der Waals surface area contributed by atoms with Crippen LogP contribution in [0.3, 0.4) is 0 Å². The molecule has 19 heavy (non-hydrogen) atoms. The van der Waals surface area contributed by atoms with Crippen LogP contribution in [0.2, 0.25) is 0 Å². The van der Waals surface area contributed by atoms with E-state index in [4.69, 9.17) is 5.73 Å². The quantitative estimate of drug-likeness (QED) is 0.826. The van der Waals surface area contributed by atoms with E-state index in [1.54, 1.807) is 6.07 Å². The van der Waals surface area contributed by atoms with Crippen LogP contribution in [0.5, 0.6) is 0 Å². The lowest BCUT2D eigenvalue weighted by Gasteiger charge is -2.25. The van der Waals surface area contributed by atoms with Crippen LogP contribution < -0.4 is 16.0 Å². The molecule has 0 aromatic carbocycles. The summed E-state index contributed by atoms with van der Waals surface area (Å²) in [5.41, 5.74) is 6.76. The minimum absolute atomic E-state index is 0.388. The van der Waals surface area contributed by atoms with Crippen molar-refractivity contribution >= 4 is 11.7 Å². The van der Waals surface area contributed by atoms with E-state index >= 15 is 0 Å². The Morgan fingerprint density at radius 3 is 2.95 bits per heavy atom. The third kappa shape index (κ3) is 2.56. The molecule has 2 atom stereocenters. The number of fused-ring (bicyclic) bond motifs is 2. The number of carbonyl (C=O) groups excluding carboxylic acids is 1. The molecule has 2 fully saturated rings. The van der Waals surface area contributed by atoms with Gasteiger partial charge in [-0.25, -0.2) is 4.98 Å². The van der Waals surface area contributed by atoms with Gasteiger partial charge in [-0.05, 0) is 38.3 Å². The molecule has 1 aromatic heterocycles. The monoisotopic (exact) mass is 260 g/mol. The first-order valence-electron chi connectivity index (χ1n) is 6.91. The zero-order valence-corrected chi connectivity index (χ0v) is 11.2. The van der Waals surface area contributed by atoms with Crippen LogP contribution >= 0.6 is 0 Å². The molecule has 3 N–H and O–H groups in total. The standard InChI is InChI=1S/C14H20N4O/c1-9-6-10(14(15)19)7-13(16-9)18-5-4-11-2-3-12(8-18)17-11/h6-7,11-12,17H,2-5,8H2,1H3,(H2,15,19). The Bertz CT molecular complexity index is 502. The van der Waals surface area contributed by atoms with Crippen molar-refractivity contribution < 1.29 is 4.79 Å². The number of aryl methyl sites for hydroxylation is 1.